The van der Waals surface area contributed by atoms with Crippen molar-refractivity contribution in [3.63, 3.8) is 0 Å². The number of halogens is 1. The van der Waals surface area contributed by atoms with E-state index in [4.69, 9.17) is 34.1 Å². The molecule has 3 aromatic heterocycles. The van der Waals surface area contributed by atoms with E-state index in [1.165, 1.54) is 12.1 Å². The number of aromatic nitrogens is 2. The van der Waals surface area contributed by atoms with Crippen molar-refractivity contribution in [3.05, 3.63) is 191 Å². The van der Waals surface area contributed by atoms with Crippen LogP contribution in [0.15, 0.2) is 163 Å². The molecule has 450 valence electrons. The lowest BCUT2D eigenvalue weighted by Crippen LogP contribution is -2.07. The number of rotatable bonds is 36. The first-order valence-corrected chi connectivity index (χ1v) is 30.3. The van der Waals surface area contributed by atoms with Crippen LogP contribution in [0, 0.1) is 5.82 Å². The van der Waals surface area contributed by atoms with Crippen molar-refractivity contribution >= 4 is 35.2 Å². The van der Waals surface area contributed by atoms with E-state index in [1.807, 2.05) is 115 Å². The maximum Gasteiger partial charge on any atom is 0.303 e. The molecule has 14 nitrogen and oxygen atoms in total. The maximum atomic E-state index is 13.5. The molecule has 0 aliphatic heterocycles. The molecule has 0 saturated carbocycles. The number of carboxylic acid groups (broad SMARTS) is 4. The molecule has 8 aromatic rings. The Bertz CT molecular complexity index is 3380. The standard InChI is InChI=1S/C36H38FNO6.C34H37NO6S/c37-30-18-16-28(17-19-30)32-24-29(26-10-5-3-6-11-26)25-34(38-32)44-22-7-2-1-4-12-27-13-8-14-33(31(27)20-21-36(41)42)43-23-9-15-35(39)40;36-33(37)17-9-21-40-30-15-8-14-26(28(30)18-19-34(38)39)13-4-1-2-7-20-41-32-24-27(25-11-5-3-6-12-25)23-29(35-32)31-16-10-22-42-31/h3,5-6,8,10-11,13-14,16-19,24-25H,1-2,4,7,9,12,15,20-23H2,(H,39,40)(H,41,42);3,5-6,8,10-12,14-16,22-24H,1-2,4,7,9,13,17-21H2,(H,36,37)(H,38,39). The minimum absolute atomic E-state index is 0.00220. The lowest BCUT2D eigenvalue weighted by atomic mass is 9.97. The van der Waals surface area contributed by atoms with Crippen molar-refractivity contribution < 1.29 is 62.9 Å². The molecule has 5 aromatic carbocycles. The van der Waals surface area contributed by atoms with Crippen molar-refractivity contribution in [2.24, 2.45) is 0 Å². The average molecular weight is 1190 g/mol. The Morgan fingerprint density at radius 1 is 0.384 bits per heavy atom. The Morgan fingerprint density at radius 2 is 0.826 bits per heavy atom. The number of benzene rings is 5. The first-order chi connectivity index (χ1) is 41.9. The van der Waals surface area contributed by atoms with Gasteiger partial charge in [0.05, 0.1) is 42.7 Å². The molecule has 16 heteroatoms. The molecule has 0 spiro atoms. The summed E-state index contributed by atoms with van der Waals surface area (Å²) in [7, 11) is 0. The van der Waals surface area contributed by atoms with Gasteiger partial charge in [0.1, 0.15) is 17.3 Å². The summed E-state index contributed by atoms with van der Waals surface area (Å²) in [5, 5.41) is 38.2. The Kier molecular flexibility index (Phi) is 26.6. The highest BCUT2D eigenvalue weighted by Crippen LogP contribution is 2.33. The summed E-state index contributed by atoms with van der Waals surface area (Å²) in [6, 6.07) is 50.1. The quantitative estimate of drug-likeness (QED) is 0.0269. The molecule has 3 heterocycles. The van der Waals surface area contributed by atoms with Gasteiger partial charge in [-0.25, -0.2) is 14.4 Å². The second kappa shape index (κ2) is 35.4. The lowest BCUT2D eigenvalue weighted by molar-refractivity contribution is -0.138. The summed E-state index contributed by atoms with van der Waals surface area (Å²) in [5.74, 6) is -1.31. The van der Waals surface area contributed by atoms with E-state index in [0.717, 1.165) is 125 Å². The highest BCUT2D eigenvalue weighted by Gasteiger charge is 2.16. The van der Waals surface area contributed by atoms with Crippen LogP contribution in [0.4, 0.5) is 4.39 Å². The fraction of sp³-hybridized carbons (Fsp3) is 0.314. The highest BCUT2D eigenvalue weighted by atomic mass is 32.1. The smallest absolute Gasteiger partial charge is 0.303 e. The number of aryl methyl sites for hydroxylation is 2. The number of hydrogen-bond acceptors (Lipinski definition) is 11. The maximum absolute atomic E-state index is 13.5. The van der Waals surface area contributed by atoms with Crippen LogP contribution in [0.25, 0.3) is 44.1 Å². The molecule has 86 heavy (non-hydrogen) atoms. The molecule has 0 bridgehead atoms. The van der Waals surface area contributed by atoms with Crippen molar-refractivity contribution in [2.75, 3.05) is 26.4 Å². The van der Waals surface area contributed by atoms with E-state index in [9.17, 15) is 33.8 Å². The number of thiophene rings is 1. The fourth-order valence-electron chi connectivity index (χ4n) is 9.77. The van der Waals surface area contributed by atoms with Crippen molar-refractivity contribution in [2.45, 2.75) is 116 Å². The second-order valence-electron chi connectivity index (χ2n) is 20.7. The van der Waals surface area contributed by atoms with E-state index in [-0.39, 0.29) is 44.7 Å². The van der Waals surface area contributed by atoms with Gasteiger partial charge in [-0.2, -0.15) is 0 Å². The number of ether oxygens (including phenoxy) is 4. The largest absolute Gasteiger partial charge is 0.493 e. The zero-order valence-electron chi connectivity index (χ0n) is 48.4. The minimum Gasteiger partial charge on any atom is -0.493 e. The van der Waals surface area contributed by atoms with Crippen LogP contribution in [0.3, 0.4) is 0 Å². The number of hydrogen-bond donors (Lipinski definition) is 4. The molecule has 0 aliphatic carbocycles. The predicted molar refractivity (Wildman–Crippen MR) is 333 cm³/mol. The van der Waals surface area contributed by atoms with E-state index >= 15 is 0 Å². The Hall–Kier alpha value is -8.89. The summed E-state index contributed by atoms with van der Waals surface area (Å²) in [5.41, 5.74) is 10.6. The van der Waals surface area contributed by atoms with Gasteiger partial charge in [0.25, 0.3) is 0 Å². The summed E-state index contributed by atoms with van der Waals surface area (Å²) in [4.78, 5) is 54.6. The van der Waals surface area contributed by atoms with Gasteiger partial charge in [0.2, 0.25) is 11.8 Å². The minimum atomic E-state index is -0.870. The van der Waals surface area contributed by atoms with Gasteiger partial charge in [0.15, 0.2) is 0 Å². The van der Waals surface area contributed by atoms with Crippen LogP contribution in [-0.2, 0) is 44.9 Å². The van der Waals surface area contributed by atoms with Gasteiger partial charge in [0, 0.05) is 43.4 Å². The third kappa shape index (κ3) is 22.3. The molecule has 0 aliphatic rings. The highest BCUT2D eigenvalue weighted by molar-refractivity contribution is 7.13. The van der Waals surface area contributed by atoms with Crippen molar-refractivity contribution in [3.8, 4) is 67.3 Å². The van der Waals surface area contributed by atoms with E-state index in [0.29, 0.717) is 67.8 Å². The van der Waals surface area contributed by atoms with Crippen LogP contribution < -0.4 is 18.9 Å². The third-order valence-corrected chi connectivity index (χ3v) is 15.0. The number of carboxylic acids is 4. The molecular weight excluding hydrogens is 1110 g/mol. The second-order valence-corrected chi connectivity index (χ2v) is 21.6. The number of nitrogens with zero attached hydrogens (tertiary/aromatic N) is 2. The van der Waals surface area contributed by atoms with Crippen LogP contribution in [-0.4, -0.2) is 80.7 Å². The van der Waals surface area contributed by atoms with Gasteiger partial charge in [-0.15, -0.1) is 11.3 Å². The SMILES string of the molecule is O=C(O)CCCOc1cccc(CCCCCCOc2cc(-c3ccccc3)cc(-c3ccc(F)cc3)n2)c1CCC(=O)O.O=C(O)CCCOc1cccc(CCCCCCOc2cc(-c3ccccc3)cc(-c3cccs3)n2)c1CCC(=O)O. The first kappa shape index (κ1) is 64.7. The topological polar surface area (TPSA) is 212 Å². The molecule has 0 atom stereocenters. The molecule has 0 unspecified atom stereocenters. The Balaban J connectivity index is 0.000000246. The molecule has 8 rings (SSSR count). The number of aliphatic carboxylic acids is 4. The number of pyridine rings is 2. The summed E-state index contributed by atoms with van der Waals surface area (Å²) in [6.07, 6.45) is 10.9. The molecule has 4 N–H and O–H groups in total. The summed E-state index contributed by atoms with van der Waals surface area (Å²) < 4.78 is 37.4. The summed E-state index contributed by atoms with van der Waals surface area (Å²) in [6.45, 7) is 1.65. The molecule has 0 amide bonds. The van der Waals surface area contributed by atoms with Gasteiger partial charge in [-0.1, -0.05) is 117 Å². The van der Waals surface area contributed by atoms with E-state index < -0.39 is 23.9 Å². The van der Waals surface area contributed by atoms with Crippen LogP contribution >= 0.6 is 11.3 Å². The van der Waals surface area contributed by atoms with Gasteiger partial charge in [-0.3, -0.25) is 19.2 Å². The third-order valence-electron chi connectivity index (χ3n) is 14.1. The summed E-state index contributed by atoms with van der Waals surface area (Å²) >= 11 is 1.66. The average Bonchev–Trinajstić information content (AvgIpc) is 2.94. The van der Waals surface area contributed by atoms with Crippen molar-refractivity contribution in [1.82, 2.24) is 9.97 Å². The molecule has 0 fully saturated rings. The molecule has 0 saturated heterocycles. The van der Waals surface area contributed by atoms with Gasteiger partial charge >= 0.3 is 23.9 Å². The van der Waals surface area contributed by atoms with Crippen LogP contribution in [0.2, 0.25) is 0 Å². The van der Waals surface area contributed by atoms with E-state index in [1.54, 1.807) is 23.5 Å². The zero-order chi connectivity index (χ0) is 60.7. The fourth-order valence-corrected chi connectivity index (χ4v) is 10.5. The zero-order valence-corrected chi connectivity index (χ0v) is 49.2. The molecule has 0 radical (unpaired) electrons. The first-order valence-electron chi connectivity index (χ1n) is 29.4. The normalized spacial score (nSPS) is 10.8. The Morgan fingerprint density at radius 3 is 1.28 bits per heavy atom. The number of carbonyl (C=O) groups is 4. The number of unbranched alkanes of at least 4 members (excludes halogenated alkanes) is 6. The Labute approximate surface area is 506 Å². The van der Waals surface area contributed by atoms with Crippen LogP contribution in [0.1, 0.15) is 112 Å². The van der Waals surface area contributed by atoms with E-state index in [2.05, 4.69) is 29.2 Å². The lowest BCUT2D eigenvalue weighted by Gasteiger charge is -2.15. The van der Waals surface area contributed by atoms with Crippen molar-refractivity contribution in [1.29, 1.82) is 0 Å². The monoisotopic (exact) mass is 1190 g/mol. The molecular formula is C70H75FN2O12S. The van der Waals surface area contributed by atoms with Gasteiger partial charge in [-0.05, 0) is 169 Å². The predicted octanol–water partition coefficient (Wildman–Crippen LogP) is 15.9. The van der Waals surface area contributed by atoms with Crippen LogP contribution in [0.5, 0.6) is 23.3 Å². The van der Waals surface area contributed by atoms with Gasteiger partial charge < -0.3 is 39.4 Å².